The number of para-hydroxylation sites is 1. The average Bonchev–Trinajstić information content (AvgIpc) is 3.36. The van der Waals surface area contributed by atoms with E-state index in [9.17, 15) is 13.2 Å². The Morgan fingerprint density at radius 3 is 2.45 bits per heavy atom. The van der Waals surface area contributed by atoms with E-state index in [1.807, 2.05) is 38.1 Å². The molecule has 0 spiro atoms. The predicted molar refractivity (Wildman–Crippen MR) is 127 cm³/mol. The number of fused-ring (bicyclic) bond motifs is 1. The third kappa shape index (κ3) is 4.67. The second-order valence-electron chi connectivity index (χ2n) is 7.99. The van der Waals surface area contributed by atoms with Crippen LogP contribution in [0.1, 0.15) is 29.8 Å². The lowest BCUT2D eigenvalue weighted by molar-refractivity contribution is 0.0952. The van der Waals surface area contributed by atoms with Gasteiger partial charge >= 0.3 is 0 Å². The fourth-order valence-corrected chi connectivity index (χ4v) is 4.78. The molecule has 1 amide bonds. The van der Waals surface area contributed by atoms with Crippen LogP contribution in [-0.4, -0.2) is 36.7 Å². The molecule has 8 heteroatoms. The molecule has 0 saturated carbocycles. The van der Waals surface area contributed by atoms with Crippen LogP contribution in [0.2, 0.25) is 0 Å². The highest BCUT2D eigenvalue weighted by molar-refractivity contribution is 7.89. The zero-order valence-corrected chi connectivity index (χ0v) is 19.5. The van der Waals surface area contributed by atoms with Crippen LogP contribution >= 0.6 is 0 Å². The van der Waals surface area contributed by atoms with E-state index in [0.717, 1.165) is 10.9 Å². The first-order valence-electron chi connectivity index (χ1n) is 10.6. The summed E-state index contributed by atoms with van der Waals surface area (Å²) in [6, 6.07) is 19.1. The number of hydrogen-bond donors (Lipinski definition) is 1. The highest BCUT2D eigenvalue weighted by Crippen LogP contribution is 2.25. The number of carbonyl (C=O) groups is 1. The van der Waals surface area contributed by atoms with E-state index >= 15 is 0 Å². The molecule has 0 radical (unpaired) electrons. The summed E-state index contributed by atoms with van der Waals surface area (Å²) in [5.74, 6) is 0.329. The molecule has 170 valence electrons. The number of sulfonamides is 1. The van der Waals surface area contributed by atoms with E-state index in [-0.39, 0.29) is 23.4 Å². The molecule has 0 unspecified atom stereocenters. The maximum atomic E-state index is 13.1. The summed E-state index contributed by atoms with van der Waals surface area (Å²) < 4.78 is 32.0. The van der Waals surface area contributed by atoms with E-state index < -0.39 is 10.0 Å². The molecule has 4 aromatic rings. The Kier molecular flexibility index (Phi) is 6.31. The molecule has 0 fully saturated rings. The second kappa shape index (κ2) is 9.17. The molecule has 0 saturated heterocycles. The average molecular weight is 464 g/mol. The van der Waals surface area contributed by atoms with Crippen molar-refractivity contribution in [1.29, 1.82) is 0 Å². The first-order valence-corrected chi connectivity index (χ1v) is 12.0. The molecule has 0 bridgehead atoms. The number of pyridine rings is 1. The van der Waals surface area contributed by atoms with Gasteiger partial charge in [-0.05, 0) is 55.8 Å². The third-order valence-corrected chi connectivity index (χ3v) is 7.56. The van der Waals surface area contributed by atoms with Crippen LogP contribution < -0.4 is 5.32 Å². The van der Waals surface area contributed by atoms with Gasteiger partial charge in [0.1, 0.15) is 5.69 Å². The Bertz CT molecular complexity index is 1380. The van der Waals surface area contributed by atoms with Crippen molar-refractivity contribution in [2.45, 2.75) is 31.3 Å². The highest BCUT2D eigenvalue weighted by Gasteiger charge is 2.23. The number of nitrogens with zero attached hydrogens (tertiary/aromatic N) is 2. The van der Waals surface area contributed by atoms with Crippen molar-refractivity contribution in [2.24, 2.45) is 0 Å². The maximum Gasteiger partial charge on any atom is 0.252 e. The van der Waals surface area contributed by atoms with Gasteiger partial charge in [0, 0.05) is 25.0 Å². The predicted octanol–water partition coefficient (Wildman–Crippen LogP) is 4.45. The number of rotatable bonds is 7. The molecule has 4 rings (SSSR count). The van der Waals surface area contributed by atoms with Gasteiger partial charge in [-0.15, -0.1) is 0 Å². The Hall–Kier alpha value is -3.49. The Balaban J connectivity index is 1.55. The van der Waals surface area contributed by atoms with Crippen LogP contribution in [0.25, 0.3) is 22.4 Å². The zero-order chi connectivity index (χ0) is 23.6. The fraction of sp³-hybridized carbons (Fsp3) is 0.200. The van der Waals surface area contributed by atoms with Crippen LogP contribution in [0, 0.1) is 0 Å². The van der Waals surface area contributed by atoms with Crippen molar-refractivity contribution in [3.63, 3.8) is 0 Å². The number of benzene rings is 2. The number of aromatic nitrogens is 1. The molecule has 2 aromatic heterocycles. The van der Waals surface area contributed by atoms with Crippen LogP contribution in [0.15, 0.2) is 82.3 Å². The van der Waals surface area contributed by atoms with Crippen molar-refractivity contribution in [3.05, 3.63) is 84.1 Å². The van der Waals surface area contributed by atoms with Crippen molar-refractivity contribution in [2.75, 3.05) is 7.05 Å². The highest BCUT2D eigenvalue weighted by atomic mass is 32.2. The number of nitrogens with one attached hydrogen (secondary N) is 1. The summed E-state index contributed by atoms with van der Waals surface area (Å²) in [7, 11) is -1.99. The number of hydrogen-bond acceptors (Lipinski definition) is 5. The Morgan fingerprint density at radius 1 is 1.06 bits per heavy atom. The molecule has 0 aliphatic rings. The summed E-state index contributed by atoms with van der Waals surface area (Å²) in [4.78, 5) is 17.9. The van der Waals surface area contributed by atoms with Gasteiger partial charge in [-0.3, -0.25) is 4.79 Å². The smallest absolute Gasteiger partial charge is 0.252 e. The lowest BCUT2D eigenvalue weighted by Crippen LogP contribution is -2.33. The molecule has 0 aliphatic carbocycles. The monoisotopic (exact) mass is 463 g/mol. The summed E-state index contributed by atoms with van der Waals surface area (Å²) in [6.07, 6.45) is 1.56. The molecular weight excluding hydrogens is 438 g/mol. The quantitative estimate of drug-likeness (QED) is 0.437. The molecule has 0 aliphatic heterocycles. The Labute approximate surface area is 193 Å². The third-order valence-electron chi connectivity index (χ3n) is 5.52. The SMILES string of the molecule is CC(C)N(C)S(=O)(=O)c1ccc(CNC(=O)c2cc(-c3ccco3)nc3ccccc23)cc1. The number of carbonyl (C=O) groups excluding carboxylic acids is 1. The number of furan rings is 1. The van der Waals surface area contributed by atoms with Crippen molar-refractivity contribution < 1.29 is 17.6 Å². The lowest BCUT2D eigenvalue weighted by Gasteiger charge is -2.21. The molecule has 2 heterocycles. The van der Waals surface area contributed by atoms with Gasteiger partial charge in [-0.2, -0.15) is 4.31 Å². The van der Waals surface area contributed by atoms with E-state index in [2.05, 4.69) is 10.3 Å². The Morgan fingerprint density at radius 2 is 1.79 bits per heavy atom. The van der Waals surface area contributed by atoms with E-state index in [1.54, 1.807) is 55.8 Å². The van der Waals surface area contributed by atoms with Gasteiger partial charge in [-0.25, -0.2) is 13.4 Å². The second-order valence-corrected chi connectivity index (χ2v) is 9.99. The molecule has 33 heavy (non-hydrogen) atoms. The largest absolute Gasteiger partial charge is 0.463 e. The van der Waals surface area contributed by atoms with Crippen molar-refractivity contribution in [1.82, 2.24) is 14.6 Å². The van der Waals surface area contributed by atoms with E-state index in [0.29, 0.717) is 22.5 Å². The van der Waals surface area contributed by atoms with Crippen LogP contribution in [0.5, 0.6) is 0 Å². The summed E-state index contributed by atoms with van der Waals surface area (Å²) in [5, 5.41) is 3.66. The molecule has 7 nitrogen and oxygen atoms in total. The van der Waals surface area contributed by atoms with Crippen LogP contribution in [-0.2, 0) is 16.6 Å². The van der Waals surface area contributed by atoms with Gasteiger partial charge in [0.05, 0.1) is 22.2 Å². The van der Waals surface area contributed by atoms with Crippen molar-refractivity contribution in [3.8, 4) is 11.5 Å². The van der Waals surface area contributed by atoms with Gasteiger partial charge in [0.15, 0.2) is 5.76 Å². The van der Waals surface area contributed by atoms with E-state index in [4.69, 9.17) is 4.42 Å². The van der Waals surface area contributed by atoms with Gasteiger partial charge in [0.2, 0.25) is 10.0 Å². The normalized spacial score (nSPS) is 11.9. The van der Waals surface area contributed by atoms with E-state index in [1.165, 1.54) is 4.31 Å². The lowest BCUT2D eigenvalue weighted by atomic mass is 10.1. The zero-order valence-electron chi connectivity index (χ0n) is 18.6. The van der Waals surface area contributed by atoms with Gasteiger partial charge in [-0.1, -0.05) is 30.3 Å². The maximum absolute atomic E-state index is 13.1. The minimum Gasteiger partial charge on any atom is -0.463 e. The number of amides is 1. The van der Waals surface area contributed by atoms with Crippen LogP contribution in [0.4, 0.5) is 0 Å². The summed E-state index contributed by atoms with van der Waals surface area (Å²) >= 11 is 0. The summed E-state index contributed by atoms with van der Waals surface area (Å²) in [6.45, 7) is 3.90. The minimum atomic E-state index is -3.55. The topological polar surface area (TPSA) is 92.5 Å². The minimum absolute atomic E-state index is 0.143. The fourth-order valence-electron chi connectivity index (χ4n) is 3.41. The molecule has 1 N–H and O–H groups in total. The van der Waals surface area contributed by atoms with Gasteiger partial charge < -0.3 is 9.73 Å². The first kappa shape index (κ1) is 22.7. The molecule has 0 atom stereocenters. The van der Waals surface area contributed by atoms with Crippen LogP contribution in [0.3, 0.4) is 0 Å². The van der Waals surface area contributed by atoms with Crippen molar-refractivity contribution >= 4 is 26.8 Å². The van der Waals surface area contributed by atoms with Gasteiger partial charge in [0.25, 0.3) is 5.91 Å². The standard InChI is InChI=1S/C25H25N3O4S/c1-17(2)28(3)33(30,31)19-12-10-18(11-13-19)16-26-25(29)21-15-23(24-9-6-14-32-24)27-22-8-5-4-7-20(21)22/h4-15,17H,16H2,1-3H3,(H,26,29). The molecular formula is C25H25N3O4S. The first-order chi connectivity index (χ1) is 15.8. The summed E-state index contributed by atoms with van der Waals surface area (Å²) in [5.41, 5.74) is 2.55. The molecule has 2 aromatic carbocycles.